The Balaban J connectivity index is 1.87. The Bertz CT molecular complexity index is 816. The van der Waals surface area contributed by atoms with Crippen molar-refractivity contribution >= 4 is 17.3 Å². The third kappa shape index (κ3) is 4.75. The Hall–Kier alpha value is -2.74. The standard InChI is InChI=1S/C20H21F3N2O3/c1-2-28-16-6-3-14(4-7-16)19(26)24-17-13-15(20(21,22)23)5-8-18(17)25-9-11-27-12-10-25/h3-8,13H,2,9-12H2,1H3,(H,24,26). The van der Waals surface area contributed by atoms with E-state index in [9.17, 15) is 18.0 Å². The molecule has 8 heteroatoms. The highest BCUT2D eigenvalue weighted by Gasteiger charge is 2.32. The molecule has 0 spiro atoms. The van der Waals surface area contributed by atoms with Gasteiger partial charge in [-0.25, -0.2) is 0 Å². The lowest BCUT2D eigenvalue weighted by atomic mass is 10.1. The van der Waals surface area contributed by atoms with E-state index in [-0.39, 0.29) is 5.69 Å². The van der Waals surface area contributed by atoms with Crippen LogP contribution in [-0.4, -0.2) is 38.8 Å². The molecule has 28 heavy (non-hydrogen) atoms. The highest BCUT2D eigenvalue weighted by Crippen LogP contribution is 2.36. The van der Waals surface area contributed by atoms with Gasteiger partial charge in [-0.2, -0.15) is 13.2 Å². The van der Waals surface area contributed by atoms with E-state index in [1.165, 1.54) is 6.07 Å². The minimum Gasteiger partial charge on any atom is -0.494 e. The van der Waals surface area contributed by atoms with Crippen molar-refractivity contribution in [2.24, 2.45) is 0 Å². The summed E-state index contributed by atoms with van der Waals surface area (Å²) < 4.78 is 50.1. The minimum absolute atomic E-state index is 0.121. The number of benzene rings is 2. The molecule has 3 rings (SSSR count). The van der Waals surface area contributed by atoms with Gasteiger partial charge in [0.2, 0.25) is 0 Å². The van der Waals surface area contributed by atoms with Crippen molar-refractivity contribution in [1.29, 1.82) is 0 Å². The average Bonchev–Trinajstić information content (AvgIpc) is 2.69. The fourth-order valence-corrected chi connectivity index (χ4v) is 2.96. The van der Waals surface area contributed by atoms with Crippen LogP contribution in [0.4, 0.5) is 24.5 Å². The van der Waals surface area contributed by atoms with E-state index in [2.05, 4.69) is 5.32 Å². The van der Waals surface area contributed by atoms with Crippen molar-refractivity contribution in [2.45, 2.75) is 13.1 Å². The predicted octanol–water partition coefficient (Wildman–Crippen LogP) is 4.19. The fraction of sp³-hybridized carbons (Fsp3) is 0.350. The summed E-state index contributed by atoms with van der Waals surface area (Å²) in [6.07, 6.45) is -4.50. The van der Waals surface area contributed by atoms with Crippen LogP contribution in [0.2, 0.25) is 0 Å². The van der Waals surface area contributed by atoms with Crippen LogP contribution in [0.25, 0.3) is 0 Å². The number of carbonyl (C=O) groups excluding carboxylic acids is 1. The second-order valence-corrected chi connectivity index (χ2v) is 6.24. The van der Waals surface area contributed by atoms with E-state index in [1.54, 1.807) is 24.3 Å². The number of nitrogens with one attached hydrogen (secondary N) is 1. The number of morpholine rings is 1. The highest BCUT2D eigenvalue weighted by molar-refractivity contribution is 6.06. The zero-order chi connectivity index (χ0) is 20.1. The van der Waals surface area contributed by atoms with E-state index in [1.807, 2.05) is 11.8 Å². The van der Waals surface area contributed by atoms with Gasteiger partial charge in [-0.3, -0.25) is 4.79 Å². The molecular formula is C20H21F3N2O3. The Labute approximate surface area is 161 Å². The largest absolute Gasteiger partial charge is 0.494 e. The molecule has 1 fully saturated rings. The molecule has 5 nitrogen and oxygen atoms in total. The van der Waals surface area contributed by atoms with Crippen molar-refractivity contribution < 1.29 is 27.4 Å². The molecule has 0 bridgehead atoms. The monoisotopic (exact) mass is 394 g/mol. The van der Waals surface area contributed by atoms with Crippen LogP contribution in [-0.2, 0) is 10.9 Å². The Kier molecular flexibility index (Phi) is 6.08. The lowest BCUT2D eigenvalue weighted by Gasteiger charge is -2.31. The van der Waals surface area contributed by atoms with Gasteiger partial charge in [0.25, 0.3) is 5.91 Å². The summed E-state index contributed by atoms with van der Waals surface area (Å²) in [7, 11) is 0. The Morgan fingerprint density at radius 2 is 1.82 bits per heavy atom. The van der Waals surface area contributed by atoms with Crippen molar-refractivity contribution in [3.05, 3.63) is 53.6 Å². The van der Waals surface area contributed by atoms with Crippen LogP contribution in [0.3, 0.4) is 0 Å². The van der Waals surface area contributed by atoms with Gasteiger partial charge in [0.05, 0.1) is 36.8 Å². The smallest absolute Gasteiger partial charge is 0.416 e. The van der Waals surface area contributed by atoms with Crippen LogP contribution >= 0.6 is 0 Å². The maximum atomic E-state index is 13.2. The zero-order valence-corrected chi connectivity index (χ0v) is 15.4. The van der Waals surface area contributed by atoms with Gasteiger partial charge in [0.1, 0.15) is 5.75 Å². The van der Waals surface area contributed by atoms with Gasteiger partial charge >= 0.3 is 6.18 Å². The third-order valence-electron chi connectivity index (χ3n) is 4.35. The number of rotatable bonds is 5. The summed E-state index contributed by atoms with van der Waals surface area (Å²) in [6.45, 7) is 4.38. The molecule has 0 aliphatic carbocycles. The molecular weight excluding hydrogens is 373 g/mol. The molecule has 150 valence electrons. The SMILES string of the molecule is CCOc1ccc(C(=O)Nc2cc(C(F)(F)F)ccc2N2CCOCC2)cc1. The minimum atomic E-state index is -4.50. The maximum Gasteiger partial charge on any atom is 0.416 e. The summed E-state index contributed by atoms with van der Waals surface area (Å²) in [5.41, 5.74) is 0.173. The Morgan fingerprint density at radius 3 is 2.43 bits per heavy atom. The first-order valence-electron chi connectivity index (χ1n) is 8.96. The second-order valence-electron chi connectivity index (χ2n) is 6.24. The summed E-state index contributed by atoms with van der Waals surface area (Å²) in [5, 5.41) is 2.63. The van der Waals surface area contributed by atoms with E-state index < -0.39 is 17.6 Å². The van der Waals surface area contributed by atoms with E-state index in [0.29, 0.717) is 49.9 Å². The van der Waals surface area contributed by atoms with E-state index >= 15 is 0 Å². The lowest BCUT2D eigenvalue weighted by molar-refractivity contribution is -0.137. The molecule has 0 aromatic heterocycles. The van der Waals surface area contributed by atoms with E-state index in [0.717, 1.165) is 12.1 Å². The predicted molar refractivity (Wildman–Crippen MR) is 100 cm³/mol. The molecule has 1 aliphatic heterocycles. The van der Waals surface area contributed by atoms with Crippen molar-refractivity contribution in [1.82, 2.24) is 0 Å². The number of hydrogen-bond acceptors (Lipinski definition) is 4. The first-order chi connectivity index (χ1) is 13.4. The maximum absolute atomic E-state index is 13.2. The van der Waals surface area contributed by atoms with Gasteiger partial charge < -0.3 is 19.7 Å². The molecule has 0 saturated carbocycles. The molecule has 1 saturated heterocycles. The molecule has 0 radical (unpaired) electrons. The van der Waals surface area contributed by atoms with Crippen LogP contribution in [0.5, 0.6) is 5.75 Å². The Morgan fingerprint density at radius 1 is 1.14 bits per heavy atom. The number of ether oxygens (including phenoxy) is 2. The molecule has 1 aliphatic rings. The first-order valence-corrected chi connectivity index (χ1v) is 8.96. The number of carbonyl (C=O) groups is 1. The average molecular weight is 394 g/mol. The number of hydrogen-bond donors (Lipinski definition) is 1. The topological polar surface area (TPSA) is 50.8 Å². The number of alkyl halides is 3. The normalized spacial score (nSPS) is 14.6. The fourth-order valence-electron chi connectivity index (χ4n) is 2.96. The lowest BCUT2D eigenvalue weighted by Crippen LogP contribution is -2.36. The van der Waals surface area contributed by atoms with Gasteiger partial charge in [0.15, 0.2) is 0 Å². The van der Waals surface area contributed by atoms with E-state index in [4.69, 9.17) is 9.47 Å². The van der Waals surface area contributed by atoms with Gasteiger partial charge in [0, 0.05) is 18.7 Å². The van der Waals surface area contributed by atoms with Crippen molar-refractivity contribution in [2.75, 3.05) is 43.1 Å². The van der Waals surface area contributed by atoms with Gasteiger partial charge in [-0.05, 0) is 49.4 Å². The number of anilines is 2. The zero-order valence-electron chi connectivity index (χ0n) is 15.4. The molecule has 1 heterocycles. The van der Waals surface area contributed by atoms with Crippen LogP contribution in [0.1, 0.15) is 22.8 Å². The highest BCUT2D eigenvalue weighted by atomic mass is 19.4. The molecule has 0 atom stereocenters. The molecule has 0 unspecified atom stereocenters. The first kappa shape index (κ1) is 20.0. The summed E-state index contributed by atoms with van der Waals surface area (Å²) in [5.74, 6) is 0.129. The van der Waals surface area contributed by atoms with Crippen LogP contribution < -0.4 is 15.0 Å². The van der Waals surface area contributed by atoms with Gasteiger partial charge in [-0.1, -0.05) is 0 Å². The summed E-state index contributed by atoms with van der Waals surface area (Å²) >= 11 is 0. The van der Waals surface area contributed by atoms with Gasteiger partial charge in [-0.15, -0.1) is 0 Å². The quantitative estimate of drug-likeness (QED) is 0.826. The third-order valence-corrected chi connectivity index (χ3v) is 4.35. The van der Waals surface area contributed by atoms with Crippen molar-refractivity contribution in [3.63, 3.8) is 0 Å². The number of amides is 1. The number of nitrogens with zero attached hydrogens (tertiary/aromatic N) is 1. The van der Waals surface area contributed by atoms with Crippen molar-refractivity contribution in [3.8, 4) is 5.75 Å². The molecule has 2 aromatic rings. The molecule has 2 aromatic carbocycles. The second kappa shape index (κ2) is 8.52. The van der Waals surface area contributed by atoms with Crippen LogP contribution in [0.15, 0.2) is 42.5 Å². The van der Waals surface area contributed by atoms with Crippen LogP contribution in [0, 0.1) is 0 Å². The summed E-state index contributed by atoms with van der Waals surface area (Å²) in [6, 6.07) is 9.82. The summed E-state index contributed by atoms with van der Waals surface area (Å²) in [4.78, 5) is 14.5. The molecule has 1 N–H and O–H groups in total. The molecule has 1 amide bonds. The number of halogens is 3.